The molecule has 2 N–H and O–H groups in total. The molecule has 0 amide bonds. The van der Waals surface area contributed by atoms with E-state index >= 15 is 0 Å². The number of likely N-dealkylation sites (tertiary alicyclic amines) is 1. The lowest BCUT2D eigenvalue weighted by Crippen LogP contribution is -2.47. The number of nitrogens with two attached hydrogens (primary N) is 1. The van der Waals surface area contributed by atoms with Crippen LogP contribution in [0.1, 0.15) is 13.3 Å². The minimum atomic E-state index is 0.321. The van der Waals surface area contributed by atoms with E-state index in [-0.39, 0.29) is 0 Å². The summed E-state index contributed by atoms with van der Waals surface area (Å²) in [5.41, 5.74) is 6.03. The summed E-state index contributed by atoms with van der Waals surface area (Å²) in [5, 5.41) is 0. The summed E-state index contributed by atoms with van der Waals surface area (Å²) >= 11 is 3.41. The highest BCUT2D eigenvalue weighted by Gasteiger charge is 2.21. The number of ether oxygens (including phenoxy) is 1. The Morgan fingerprint density at radius 1 is 1.33 bits per heavy atom. The van der Waals surface area contributed by atoms with Gasteiger partial charge in [0, 0.05) is 30.1 Å². The van der Waals surface area contributed by atoms with Crippen LogP contribution in [0.4, 0.5) is 0 Å². The number of hydrogen-bond acceptors (Lipinski definition) is 3. The lowest BCUT2D eigenvalue weighted by molar-refractivity contribution is 0.140. The van der Waals surface area contributed by atoms with Gasteiger partial charge in [0.2, 0.25) is 0 Å². The fraction of sp³-hybridized carbons (Fsp3) is 0.571. The highest BCUT2D eigenvalue weighted by molar-refractivity contribution is 9.10. The van der Waals surface area contributed by atoms with Gasteiger partial charge in [0.1, 0.15) is 12.4 Å². The van der Waals surface area contributed by atoms with Gasteiger partial charge in [-0.3, -0.25) is 4.90 Å². The van der Waals surface area contributed by atoms with Gasteiger partial charge in [-0.25, -0.2) is 0 Å². The fourth-order valence-corrected chi connectivity index (χ4v) is 2.78. The highest BCUT2D eigenvalue weighted by Crippen LogP contribution is 2.17. The highest BCUT2D eigenvalue weighted by atomic mass is 79.9. The molecule has 0 radical (unpaired) electrons. The smallest absolute Gasteiger partial charge is 0.119 e. The third-order valence-electron chi connectivity index (χ3n) is 3.26. The second-order valence-corrected chi connectivity index (χ2v) is 6.08. The lowest BCUT2D eigenvalue weighted by atomic mass is 9.97. The van der Waals surface area contributed by atoms with Crippen LogP contribution < -0.4 is 10.5 Å². The molecule has 18 heavy (non-hydrogen) atoms. The van der Waals surface area contributed by atoms with Gasteiger partial charge in [0.05, 0.1) is 0 Å². The van der Waals surface area contributed by atoms with Gasteiger partial charge < -0.3 is 10.5 Å². The number of nitrogens with zero attached hydrogens (tertiary/aromatic N) is 1. The predicted octanol–water partition coefficient (Wildman–Crippen LogP) is 2.50. The van der Waals surface area contributed by atoms with E-state index in [9.17, 15) is 0 Å². The molecule has 1 fully saturated rings. The van der Waals surface area contributed by atoms with E-state index in [4.69, 9.17) is 10.5 Å². The molecule has 0 aliphatic carbocycles. The second-order valence-electron chi connectivity index (χ2n) is 5.16. The summed E-state index contributed by atoms with van der Waals surface area (Å²) < 4.78 is 6.81. The molecule has 1 aliphatic rings. The van der Waals surface area contributed by atoms with Gasteiger partial charge in [-0.15, -0.1) is 0 Å². The van der Waals surface area contributed by atoms with E-state index in [0.717, 1.165) is 42.9 Å². The molecule has 4 heteroatoms. The van der Waals surface area contributed by atoms with Crippen LogP contribution in [0, 0.1) is 5.92 Å². The molecule has 1 aromatic carbocycles. The molecular formula is C14H21BrN2O. The predicted molar refractivity (Wildman–Crippen MR) is 77.8 cm³/mol. The summed E-state index contributed by atoms with van der Waals surface area (Å²) in [7, 11) is 0. The molecule has 100 valence electrons. The van der Waals surface area contributed by atoms with E-state index in [1.54, 1.807) is 0 Å². The summed E-state index contributed by atoms with van der Waals surface area (Å²) in [6.07, 6.45) is 1.14. The number of benzene rings is 1. The second kappa shape index (κ2) is 6.55. The van der Waals surface area contributed by atoms with Crippen molar-refractivity contribution in [2.75, 3.05) is 26.2 Å². The first-order valence-corrected chi connectivity index (χ1v) is 7.29. The van der Waals surface area contributed by atoms with Crippen molar-refractivity contribution in [3.63, 3.8) is 0 Å². The first kappa shape index (κ1) is 13.8. The molecule has 1 aromatic rings. The van der Waals surface area contributed by atoms with Crippen LogP contribution in [0.3, 0.4) is 0 Å². The Bertz CT molecular complexity index is 359. The van der Waals surface area contributed by atoms with E-state index in [1.165, 1.54) is 0 Å². The van der Waals surface area contributed by atoms with Crippen LogP contribution in [0.5, 0.6) is 5.75 Å². The first-order valence-electron chi connectivity index (χ1n) is 6.50. The molecule has 2 rings (SSSR count). The van der Waals surface area contributed by atoms with E-state index in [1.807, 2.05) is 24.3 Å². The van der Waals surface area contributed by atoms with Gasteiger partial charge in [0.25, 0.3) is 0 Å². The van der Waals surface area contributed by atoms with Crippen molar-refractivity contribution in [3.05, 3.63) is 28.7 Å². The van der Waals surface area contributed by atoms with Gasteiger partial charge in [-0.1, -0.05) is 22.9 Å². The summed E-state index contributed by atoms with van der Waals surface area (Å²) in [5.74, 6) is 1.62. The number of piperidine rings is 1. The van der Waals surface area contributed by atoms with Gasteiger partial charge in [-0.05, 0) is 36.6 Å². The standard InChI is InChI=1S/C14H21BrN2O/c1-11-8-13(16)10-17(9-11)6-7-18-14-4-2-12(15)3-5-14/h2-5,11,13H,6-10,16H2,1H3. The van der Waals surface area contributed by atoms with E-state index in [0.29, 0.717) is 12.0 Å². The molecule has 0 aromatic heterocycles. The zero-order chi connectivity index (χ0) is 13.0. The van der Waals surface area contributed by atoms with Crippen LogP contribution >= 0.6 is 15.9 Å². The quantitative estimate of drug-likeness (QED) is 0.928. The van der Waals surface area contributed by atoms with Crippen molar-refractivity contribution >= 4 is 15.9 Å². The molecular weight excluding hydrogens is 292 g/mol. The van der Waals surface area contributed by atoms with Crippen LogP contribution in [0.2, 0.25) is 0 Å². The van der Waals surface area contributed by atoms with E-state index in [2.05, 4.69) is 27.8 Å². The molecule has 1 aliphatic heterocycles. The fourth-order valence-electron chi connectivity index (χ4n) is 2.52. The molecule has 1 saturated heterocycles. The van der Waals surface area contributed by atoms with Crippen molar-refractivity contribution in [1.82, 2.24) is 4.90 Å². The minimum Gasteiger partial charge on any atom is -0.492 e. The molecule has 0 saturated carbocycles. The zero-order valence-corrected chi connectivity index (χ0v) is 12.4. The summed E-state index contributed by atoms with van der Waals surface area (Å²) in [6.45, 7) is 6.07. The first-order chi connectivity index (χ1) is 8.63. The lowest BCUT2D eigenvalue weighted by Gasteiger charge is -2.34. The van der Waals surface area contributed by atoms with Crippen molar-refractivity contribution < 1.29 is 4.74 Å². The summed E-state index contributed by atoms with van der Waals surface area (Å²) in [6, 6.07) is 8.27. The average molecular weight is 313 g/mol. The maximum Gasteiger partial charge on any atom is 0.119 e. The number of hydrogen-bond donors (Lipinski definition) is 1. The topological polar surface area (TPSA) is 38.5 Å². The van der Waals surface area contributed by atoms with Crippen LogP contribution in [-0.4, -0.2) is 37.2 Å². The third kappa shape index (κ3) is 4.26. The Morgan fingerprint density at radius 2 is 2.06 bits per heavy atom. The Kier molecular flexibility index (Phi) is 5.03. The Labute approximate surface area is 117 Å². The molecule has 0 bridgehead atoms. The van der Waals surface area contributed by atoms with Gasteiger partial charge in [0.15, 0.2) is 0 Å². The largest absolute Gasteiger partial charge is 0.492 e. The Morgan fingerprint density at radius 3 is 2.72 bits per heavy atom. The van der Waals surface area contributed by atoms with Gasteiger partial charge >= 0.3 is 0 Å². The maximum absolute atomic E-state index is 6.03. The van der Waals surface area contributed by atoms with Crippen molar-refractivity contribution in [2.24, 2.45) is 11.7 Å². The third-order valence-corrected chi connectivity index (χ3v) is 3.79. The van der Waals surface area contributed by atoms with Gasteiger partial charge in [-0.2, -0.15) is 0 Å². The molecule has 0 spiro atoms. The van der Waals surface area contributed by atoms with E-state index < -0.39 is 0 Å². The average Bonchev–Trinajstić information content (AvgIpc) is 2.30. The normalized spacial score (nSPS) is 25.1. The Hall–Kier alpha value is -0.580. The van der Waals surface area contributed by atoms with Crippen molar-refractivity contribution in [3.8, 4) is 5.75 Å². The van der Waals surface area contributed by atoms with Crippen LogP contribution in [-0.2, 0) is 0 Å². The van der Waals surface area contributed by atoms with Crippen LogP contribution in [0.25, 0.3) is 0 Å². The number of rotatable bonds is 4. The molecule has 1 heterocycles. The van der Waals surface area contributed by atoms with Crippen molar-refractivity contribution in [1.29, 1.82) is 0 Å². The molecule has 2 atom stereocenters. The SMILES string of the molecule is CC1CC(N)CN(CCOc2ccc(Br)cc2)C1. The monoisotopic (exact) mass is 312 g/mol. The minimum absolute atomic E-state index is 0.321. The summed E-state index contributed by atoms with van der Waals surface area (Å²) in [4.78, 5) is 2.40. The Balaban J connectivity index is 1.73. The molecule has 2 unspecified atom stereocenters. The maximum atomic E-state index is 6.03. The zero-order valence-electron chi connectivity index (χ0n) is 10.8. The number of halogens is 1. The van der Waals surface area contributed by atoms with Crippen molar-refractivity contribution in [2.45, 2.75) is 19.4 Å². The molecule has 3 nitrogen and oxygen atoms in total. The van der Waals surface area contributed by atoms with Crippen LogP contribution in [0.15, 0.2) is 28.7 Å².